The first-order valence-corrected chi connectivity index (χ1v) is 9.28. The Labute approximate surface area is 155 Å². The summed E-state index contributed by atoms with van der Waals surface area (Å²) in [4.78, 5) is 0. The van der Waals surface area contributed by atoms with Crippen molar-refractivity contribution in [3.63, 3.8) is 0 Å². The van der Waals surface area contributed by atoms with Crippen molar-refractivity contribution in [2.24, 2.45) is 0 Å². The molecule has 0 aliphatic heterocycles. The third-order valence-electron chi connectivity index (χ3n) is 5.24. The van der Waals surface area contributed by atoms with Crippen molar-refractivity contribution in [2.45, 2.75) is 38.5 Å². The van der Waals surface area contributed by atoms with Crippen molar-refractivity contribution in [1.82, 2.24) is 0 Å². The van der Waals surface area contributed by atoms with E-state index < -0.39 is 0 Å². The summed E-state index contributed by atoms with van der Waals surface area (Å²) in [5.74, 6) is 0.533. The van der Waals surface area contributed by atoms with Crippen molar-refractivity contribution >= 4 is 0 Å². The topological polar surface area (TPSA) is 40.5 Å². The van der Waals surface area contributed by atoms with Crippen molar-refractivity contribution in [3.8, 4) is 11.5 Å². The van der Waals surface area contributed by atoms with Gasteiger partial charge in [-0.3, -0.25) is 0 Å². The highest BCUT2D eigenvalue weighted by atomic mass is 16.3. The molecule has 2 nitrogen and oxygen atoms in total. The van der Waals surface area contributed by atoms with Crippen LogP contribution in [0.1, 0.15) is 48.9 Å². The highest BCUT2D eigenvalue weighted by Gasteiger charge is 2.34. The summed E-state index contributed by atoms with van der Waals surface area (Å²) in [6.07, 6.45) is 3.09. The molecule has 0 aromatic heterocycles. The van der Waals surface area contributed by atoms with Crippen LogP contribution in [0.5, 0.6) is 11.5 Å². The van der Waals surface area contributed by atoms with E-state index in [9.17, 15) is 10.2 Å². The SMILES string of the molecule is CCCc1ccc(C(CC)(c2ccc(O)cc2)c2ccc(O)cc2)cc1. The minimum Gasteiger partial charge on any atom is -0.508 e. The molecule has 0 bridgehead atoms. The third kappa shape index (κ3) is 3.32. The quantitative estimate of drug-likeness (QED) is 0.554. The minimum atomic E-state index is -0.327. The molecule has 3 aromatic rings. The maximum atomic E-state index is 9.74. The molecule has 0 amide bonds. The van der Waals surface area contributed by atoms with Gasteiger partial charge in [-0.15, -0.1) is 0 Å². The molecule has 0 saturated heterocycles. The molecular weight excluding hydrogens is 320 g/mol. The van der Waals surface area contributed by atoms with E-state index in [-0.39, 0.29) is 16.9 Å². The van der Waals surface area contributed by atoms with Gasteiger partial charge in [0.25, 0.3) is 0 Å². The van der Waals surface area contributed by atoms with Crippen LogP contribution >= 0.6 is 0 Å². The average molecular weight is 346 g/mol. The second kappa shape index (κ2) is 7.65. The fourth-order valence-corrected chi connectivity index (χ4v) is 3.85. The van der Waals surface area contributed by atoms with E-state index in [2.05, 4.69) is 38.1 Å². The van der Waals surface area contributed by atoms with Gasteiger partial charge in [0.2, 0.25) is 0 Å². The van der Waals surface area contributed by atoms with E-state index in [1.165, 1.54) is 11.1 Å². The Balaban J connectivity index is 2.20. The first-order chi connectivity index (χ1) is 12.6. The molecule has 26 heavy (non-hydrogen) atoms. The standard InChI is InChI=1S/C24H26O2/c1-3-5-18-6-8-19(9-7-18)24(4-2,20-10-14-22(25)15-11-20)21-12-16-23(26)17-13-21/h6-17,25-26H,3-5H2,1-2H3. The Bertz CT molecular complexity index is 785. The number of rotatable bonds is 6. The highest BCUT2D eigenvalue weighted by Crippen LogP contribution is 2.43. The molecule has 2 N–H and O–H groups in total. The first kappa shape index (κ1) is 18.1. The lowest BCUT2D eigenvalue weighted by Gasteiger charge is -2.35. The zero-order chi connectivity index (χ0) is 18.6. The highest BCUT2D eigenvalue weighted by molar-refractivity contribution is 5.52. The van der Waals surface area contributed by atoms with Crippen LogP contribution < -0.4 is 0 Å². The zero-order valence-corrected chi connectivity index (χ0v) is 15.4. The molecule has 0 aliphatic rings. The lowest BCUT2D eigenvalue weighted by atomic mass is 9.67. The Hall–Kier alpha value is -2.74. The lowest BCUT2D eigenvalue weighted by Crippen LogP contribution is -2.28. The van der Waals surface area contributed by atoms with E-state index in [0.29, 0.717) is 0 Å². The van der Waals surface area contributed by atoms with Crippen LogP contribution in [-0.2, 0) is 11.8 Å². The number of phenols is 2. The summed E-state index contributed by atoms with van der Waals surface area (Å²) in [7, 11) is 0. The summed E-state index contributed by atoms with van der Waals surface area (Å²) >= 11 is 0. The van der Waals surface area contributed by atoms with Crippen LogP contribution in [0.4, 0.5) is 0 Å². The van der Waals surface area contributed by atoms with Crippen molar-refractivity contribution in [2.75, 3.05) is 0 Å². The molecule has 0 spiro atoms. The van der Waals surface area contributed by atoms with Crippen LogP contribution in [0.15, 0.2) is 72.8 Å². The molecule has 0 unspecified atom stereocenters. The van der Waals surface area contributed by atoms with E-state index >= 15 is 0 Å². The van der Waals surface area contributed by atoms with Crippen molar-refractivity contribution in [3.05, 3.63) is 95.1 Å². The van der Waals surface area contributed by atoms with Gasteiger partial charge in [-0.05, 0) is 59.4 Å². The third-order valence-corrected chi connectivity index (χ3v) is 5.24. The van der Waals surface area contributed by atoms with Gasteiger partial charge in [-0.1, -0.05) is 68.8 Å². The zero-order valence-electron chi connectivity index (χ0n) is 15.4. The summed E-state index contributed by atoms with van der Waals surface area (Å²) in [6.45, 7) is 4.37. The predicted molar refractivity (Wildman–Crippen MR) is 107 cm³/mol. The Morgan fingerprint density at radius 2 is 1.00 bits per heavy atom. The van der Waals surface area contributed by atoms with Gasteiger partial charge < -0.3 is 10.2 Å². The van der Waals surface area contributed by atoms with Gasteiger partial charge in [0.05, 0.1) is 0 Å². The molecule has 134 valence electrons. The molecule has 0 aliphatic carbocycles. The number of phenolic OH excluding ortho intramolecular Hbond substituents is 2. The number of benzene rings is 3. The van der Waals surface area contributed by atoms with Crippen LogP contribution in [-0.4, -0.2) is 10.2 Å². The maximum absolute atomic E-state index is 9.74. The maximum Gasteiger partial charge on any atom is 0.115 e. The van der Waals surface area contributed by atoms with Crippen LogP contribution in [0.2, 0.25) is 0 Å². The van der Waals surface area contributed by atoms with E-state index in [1.807, 2.05) is 24.3 Å². The van der Waals surface area contributed by atoms with Crippen molar-refractivity contribution < 1.29 is 10.2 Å². The summed E-state index contributed by atoms with van der Waals surface area (Å²) < 4.78 is 0. The first-order valence-electron chi connectivity index (χ1n) is 9.28. The van der Waals surface area contributed by atoms with Gasteiger partial charge in [0.1, 0.15) is 11.5 Å². The van der Waals surface area contributed by atoms with Crippen LogP contribution in [0, 0.1) is 0 Å². The fourth-order valence-electron chi connectivity index (χ4n) is 3.85. The van der Waals surface area contributed by atoms with Gasteiger partial charge in [0.15, 0.2) is 0 Å². The van der Waals surface area contributed by atoms with E-state index in [4.69, 9.17) is 0 Å². The second-order valence-electron chi connectivity index (χ2n) is 6.80. The normalized spacial score (nSPS) is 11.5. The molecule has 3 rings (SSSR count). The smallest absolute Gasteiger partial charge is 0.115 e. The molecule has 2 heteroatoms. The molecule has 0 heterocycles. The number of aryl methyl sites for hydroxylation is 1. The molecular formula is C24H26O2. The molecule has 0 fully saturated rings. The van der Waals surface area contributed by atoms with E-state index in [1.54, 1.807) is 24.3 Å². The Morgan fingerprint density at radius 3 is 1.35 bits per heavy atom. The monoisotopic (exact) mass is 346 g/mol. The van der Waals surface area contributed by atoms with Crippen molar-refractivity contribution in [1.29, 1.82) is 0 Å². The van der Waals surface area contributed by atoms with Gasteiger partial charge in [-0.2, -0.15) is 0 Å². The molecule has 0 atom stereocenters. The van der Waals surface area contributed by atoms with Gasteiger partial charge >= 0.3 is 0 Å². The minimum absolute atomic E-state index is 0.266. The van der Waals surface area contributed by atoms with Crippen LogP contribution in [0.3, 0.4) is 0 Å². The summed E-state index contributed by atoms with van der Waals surface area (Å²) in [5.41, 5.74) is 4.50. The molecule has 0 radical (unpaired) electrons. The number of hydrogen-bond donors (Lipinski definition) is 2. The van der Waals surface area contributed by atoms with Crippen LogP contribution in [0.25, 0.3) is 0 Å². The second-order valence-corrected chi connectivity index (χ2v) is 6.80. The average Bonchev–Trinajstić information content (AvgIpc) is 2.67. The van der Waals surface area contributed by atoms with Gasteiger partial charge in [-0.25, -0.2) is 0 Å². The molecule has 3 aromatic carbocycles. The summed E-state index contributed by atoms with van der Waals surface area (Å²) in [6, 6.07) is 23.8. The fraction of sp³-hybridized carbons (Fsp3) is 0.250. The number of aromatic hydroxyl groups is 2. The molecule has 0 saturated carbocycles. The summed E-state index contributed by atoms with van der Waals surface area (Å²) in [5, 5.41) is 19.5. The number of hydrogen-bond acceptors (Lipinski definition) is 2. The predicted octanol–water partition coefficient (Wildman–Crippen LogP) is 5.79. The Morgan fingerprint density at radius 1 is 0.615 bits per heavy atom. The van der Waals surface area contributed by atoms with E-state index in [0.717, 1.165) is 30.4 Å². The van der Waals surface area contributed by atoms with Gasteiger partial charge in [0, 0.05) is 5.41 Å². The largest absolute Gasteiger partial charge is 0.508 e. The lowest BCUT2D eigenvalue weighted by molar-refractivity contribution is 0.473. The Kier molecular flexibility index (Phi) is 5.32.